The average molecular weight is 455 g/mol. The number of aromatic nitrogens is 2. The number of carbonyl (C=O) groups is 2. The number of ether oxygens (including phenoxy) is 2. The topological polar surface area (TPSA) is 128 Å². The van der Waals surface area contributed by atoms with E-state index in [0.717, 1.165) is 31.4 Å². The van der Waals surface area contributed by atoms with Crippen LogP contribution in [0.25, 0.3) is 0 Å². The molecular weight excluding hydrogens is 424 g/mol. The maximum Gasteiger partial charge on any atom is 0.318 e. The first kappa shape index (κ1) is 23.0. The average Bonchev–Trinajstić information content (AvgIpc) is 2.80. The van der Waals surface area contributed by atoms with Gasteiger partial charge in [-0.3, -0.25) is 9.59 Å². The molecule has 0 atom stereocenters. The molecule has 0 spiro atoms. The van der Waals surface area contributed by atoms with Gasteiger partial charge in [-0.05, 0) is 55.2 Å². The van der Waals surface area contributed by atoms with E-state index in [1.165, 1.54) is 5.56 Å². The van der Waals surface area contributed by atoms with Gasteiger partial charge in [-0.1, -0.05) is 12.1 Å². The van der Waals surface area contributed by atoms with Crippen molar-refractivity contribution in [2.24, 2.45) is 5.92 Å². The third kappa shape index (κ3) is 5.24. The van der Waals surface area contributed by atoms with Crippen LogP contribution in [0, 0.1) is 5.92 Å². The summed E-state index contributed by atoms with van der Waals surface area (Å²) >= 11 is 0. The lowest BCUT2D eigenvalue weighted by Crippen LogP contribution is -2.39. The number of aliphatic carboxylic acids is 1. The Morgan fingerprint density at radius 3 is 2.55 bits per heavy atom. The van der Waals surface area contributed by atoms with Crippen molar-refractivity contribution in [1.29, 1.82) is 0 Å². The minimum Gasteiger partial charge on any atom is -0.481 e. The molecule has 1 aromatic heterocycles. The fourth-order valence-corrected chi connectivity index (χ4v) is 4.77. The number of benzene rings is 1. The fraction of sp³-hybridized carbons (Fsp3) is 0.500. The number of nitrogen functional groups attached to an aromatic ring is 1. The molecule has 1 aliphatic heterocycles. The lowest BCUT2D eigenvalue weighted by Gasteiger charge is -2.30. The summed E-state index contributed by atoms with van der Waals surface area (Å²) < 4.78 is 10.4. The monoisotopic (exact) mass is 454 g/mol. The van der Waals surface area contributed by atoms with Gasteiger partial charge in [0.15, 0.2) is 0 Å². The molecule has 33 heavy (non-hydrogen) atoms. The minimum atomic E-state index is -0.712. The van der Waals surface area contributed by atoms with Crippen molar-refractivity contribution in [3.05, 3.63) is 41.1 Å². The molecule has 2 heterocycles. The number of carbonyl (C=O) groups excluding carboxylic acids is 1. The van der Waals surface area contributed by atoms with Crippen LogP contribution in [0.2, 0.25) is 0 Å². The Morgan fingerprint density at radius 1 is 1.15 bits per heavy atom. The van der Waals surface area contributed by atoms with Gasteiger partial charge in [-0.15, -0.1) is 0 Å². The Hall–Kier alpha value is -3.20. The van der Waals surface area contributed by atoms with Crippen LogP contribution in [0.15, 0.2) is 24.3 Å². The zero-order chi connectivity index (χ0) is 23.4. The van der Waals surface area contributed by atoms with E-state index in [1.54, 1.807) is 12.0 Å². The maximum atomic E-state index is 13.2. The second kappa shape index (κ2) is 10.2. The van der Waals surface area contributed by atoms with Gasteiger partial charge in [0.1, 0.15) is 18.0 Å². The van der Waals surface area contributed by atoms with Gasteiger partial charge >= 0.3 is 12.0 Å². The number of methoxy groups -OCH3 is 1. The quantitative estimate of drug-likeness (QED) is 0.583. The van der Waals surface area contributed by atoms with Gasteiger partial charge in [0, 0.05) is 32.2 Å². The van der Waals surface area contributed by atoms with Crippen molar-refractivity contribution in [3.63, 3.8) is 0 Å². The third-order valence-electron chi connectivity index (χ3n) is 6.53. The van der Waals surface area contributed by atoms with E-state index in [1.807, 2.05) is 12.1 Å². The molecule has 2 aliphatic rings. The van der Waals surface area contributed by atoms with E-state index in [-0.39, 0.29) is 30.1 Å². The summed E-state index contributed by atoms with van der Waals surface area (Å²) in [6.45, 7) is 1.22. The number of hydrogen-bond acceptors (Lipinski definition) is 7. The third-order valence-corrected chi connectivity index (χ3v) is 6.53. The first-order valence-corrected chi connectivity index (χ1v) is 11.4. The van der Waals surface area contributed by atoms with E-state index in [9.17, 15) is 9.59 Å². The molecular formula is C24H30N4O5. The first-order chi connectivity index (χ1) is 16.0. The summed E-state index contributed by atoms with van der Waals surface area (Å²) in [6, 6.07) is 8.26. The van der Waals surface area contributed by atoms with Crippen LogP contribution < -0.4 is 15.4 Å². The molecule has 0 radical (unpaired) electrons. The van der Waals surface area contributed by atoms with Crippen LogP contribution in [0.1, 0.15) is 59.6 Å². The lowest BCUT2D eigenvalue weighted by atomic mass is 9.77. The first-order valence-electron chi connectivity index (χ1n) is 11.4. The maximum absolute atomic E-state index is 13.2. The summed E-state index contributed by atoms with van der Waals surface area (Å²) in [4.78, 5) is 34.3. The van der Waals surface area contributed by atoms with Crippen molar-refractivity contribution in [1.82, 2.24) is 9.97 Å². The highest BCUT2D eigenvalue weighted by Gasteiger charge is 2.31. The highest BCUT2D eigenvalue weighted by atomic mass is 16.5. The smallest absolute Gasteiger partial charge is 0.318 e. The van der Waals surface area contributed by atoms with Gasteiger partial charge in [0.2, 0.25) is 0 Å². The molecule has 3 N–H and O–H groups in total. The summed E-state index contributed by atoms with van der Waals surface area (Å²) in [5.41, 5.74) is 9.08. The van der Waals surface area contributed by atoms with Gasteiger partial charge in [-0.2, -0.15) is 9.97 Å². The Balaban J connectivity index is 1.43. The largest absolute Gasteiger partial charge is 0.481 e. The van der Waals surface area contributed by atoms with E-state index < -0.39 is 5.97 Å². The molecule has 9 nitrogen and oxygen atoms in total. The normalized spacial score (nSPS) is 20.4. The predicted octanol–water partition coefficient (Wildman–Crippen LogP) is 3.04. The lowest BCUT2D eigenvalue weighted by molar-refractivity contribution is -0.138. The molecule has 1 aromatic carbocycles. The second-order valence-corrected chi connectivity index (χ2v) is 8.67. The standard InChI is InChI=1S/C24H30N4O5/c1-32-12-13-33-24-26-19-10-11-28(23(31)21(19)22(25)27-24)18-8-6-17(7-9-18)16-4-2-15(3-5-16)14-20(29)30/h6-9,15-16H,2-5,10-14H2,1H3,(H,29,30)(H2,25,26,27)/t15-,16-. The summed E-state index contributed by atoms with van der Waals surface area (Å²) in [7, 11) is 1.58. The van der Waals surface area contributed by atoms with E-state index >= 15 is 0 Å². The van der Waals surface area contributed by atoms with Crippen LogP contribution in [0.4, 0.5) is 11.5 Å². The van der Waals surface area contributed by atoms with Crippen molar-refractivity contribution in [2.75, 3.05) is 37.5 Å². The SMILES string of the molecule is COCCOc1nc(N)c2c(n1)CCN(c1ccc([C@H]3CC[C@H](CC(=O)O)CC3)cc1)C2=O. The summed E-state index contributed by atoms with van der Waals surface area (Å²) in [5, 5.41) is 9.00. The number of carboxylic acids is 1. The molecule has 1 fully saturated rings. The molecule has 1 amide bonds. The predicted molar refractivity (Wildman–Crippen MR) is 123 cm³/mol. The van der Waals surface area contributed by atoms with Crippen molar-refractivity contribution in [2.45, 2.75) is 44.4 Å². The van der Waals surface area contributed by atoms with Gasteiger partial charge in [0.05, 0.1) is 12.3 Å². The molecule has 0 unspecified atom stereocenters. The number of fused-ring (bicyclic) bond motifs is 1. The van der Waals surface area contributed by atoms with Crippen LogP contribution in [0.3, 0.4) is 0 Å². The Kier molecular flexibility index (Phi) is 7.08. The van der Waals surface area contributed by atoms with Gasteiger partial charge in [-0.25, -0.2) is 0 Å². The highest BCUT2D eigenvalue weighted by molar-refractivity contribution is 6.10. The van der Waals surface area contributed by atoms with E-state index in [0.29, 0.717) is 43.4 Å². The zero-order valence-electron chi connectivity index (χ0n) is 18.8. The van der Waals surface area contributed by atoms with Crippen molar-refractivity contribution in [3.8, 4) is 6.01 Å². The fourth-order valence-electron chi connectivity index (χ4n) is 4.77. The number of hydrogen-bond donors (Lipinski definition) is 2. The van der Waals surface area contributed by atoms with Crippen LogP contribution in [-0.2, 0) is 16.0 Å². The number of amides is 1. The van der Waals surface area contributed by atoms with Crippen LogP contribution in [0.5, 0.6) is 6.01 Å². The molecule has 9 heteroatoms. The Bertz CT molecular complexity index is 1000. The minimum absolute atomic E-state index is 0.122. The summed E-state index contributed by atoms with van der Waals surface area (Å²) in [6.07, 6.45) is 4.70. The van der Waals surface area contributed by atoms with Gasteiger partial charge in [0.25, 0.3) is 5.91 Å². The molecule has 1 saturated carbocycles. The van der Waals surface area contributed by atoms with Crippen LogP contribution >= 0.6 is 0 Å². The van der Waals surface area contributed by atoms with Crippen molar-refractivity contribution < 1.29 is 24.2 Å². The molecule has 4 rings (SSSR count). The number of anilines is 2. The molecule has 0 saturated heterocycles. The van der Waals surface area contributed by atoms with Crippen LogP contribution in [-0.4, -0.2) is 53.8 Å². The number of nitrogens with two attached hydrogens (primary N) is 1. The number of carboxylic acid groups (broad SMARTS) is 1. The molecule has 0 bridgehead atoms. The zero-order valence-corrected chi connectivity index (χ0v) is 18.8. The number of rotatable bonds is 8. The van der Waals surface area contributed by atoms with E-state index in [2.05, 4.69) is 22.1 Å². The molecule has 2 aromatic rings. The molecule has 176 valence electrons. The Labute approximate surface area is 192 Å². The summed E-state index contributed by atoms with van der Waals surface area (Å²) in [5.74, 6) is -0.0856. The molecule has 1 aliphatic carbocycles. The second-order valence-electron chi connectivity index (χ2n) is 8.67. The Morgan fingerprint density at radius 2 is 1.88 bits per heavy atom. The van der Waals surface area contributed by atoms with E-state index in [4.69, 9.17) is 20.3 Å². The number of nitrogens with zero attached hydrogens (tertiary/aromatic N) is 3. The highest BCUT2D eigenvalue weighted by Crippen LogP contribution is 2.38. The van der Waals surface area contributed by atoms with Crippen molar-refractivity contribution >= 4 is 23.4 Å². The van der Waals surface area contributed by atoms with Gasteiger partial charge < -0.3 is 25.2 Å².